The van der Waals surface area contributed by atoms with Crippen LogP contribution in [-0.2, 0) is 4.79 Å². The quantitative estimate of drug-likeness (QED) is 0.564. The van der Waals surface area contributed by atoms with E-state index in [1.165, 1.54) is 11.8 Å². The first-order valence-corrected chi connectivity index (χ1v) is 10.9. The Morgan fingerprint density at radius 3 is 2.71 bits per heavy atom. The van der Waals surface area contributed by atoms with Crippen LogP contribution in [0.25, 0.3) is 4.91 Å². The van der Waals surface area contributed by atoms with Crippen LogP contribution in [0.1, 0.15) is 26.3 Å². The number of aliphatic hydroxyl groups is 1. The second-order valence-electron chi connectivity index (χ2n) is 7.54. The van der Waals surface area contributed by atoms with Crippen molar-refractivity contribution in [3.05, 3.63) is 64.3 Å². The molecule has 0 bridgehead atoms. The number of anilines is 1. The van der Waals surface area contributed by atoms with Crippen molar-refractivity contribution in [1.82, 2.24) is 4.98 Å². The van der Waals surface area contributed by atoms with E-state index in [-0.39, 0.29) is 12.5 Å². The standard InChI is InChI=1S/C23H25ClN2O4S/c1-5-19(15-6-9-21(24)25-13-15)31-20-10-11-26(22(20)27)16-7-8-17(18(12-16)29-4)30-14-23(2,3)28/h5-10,12-13,28H,11,14H2,1-4H3/b19-5-. The van der Waals surface area contributed by atoms with Gasteiger partial charge in [-0.05, 0) is 51.1 Å². The summed E-state index contributed by atoms with van der Waals surface area (Å²) >= 11 is 7.28. The summed E-state index contributed by atoms with van der Waals surface area (Å²) in [5.74, 6) is 0.921. The predicted molar refractivity (Wildman–Crippen MR) is 126 cm³/mol. The molecule has 164 valence electrons. The first-order valence-electron chi connectivity index (χ1n) is 9.73. The zero-order valence-corrected chi connectivity index (χ0v) is 19.5. The molecule has 1 N–H and O–H groups in total. The van der Waals surface area contributed by atoms with Crippen LogP contribution in [-0.4, -0.2) is 41.9 Å². The van der Waals surface area contributed by atoms with Crippen LogP contribution in [0.4, 0.5) is 5.69 Å². The number of pyridine rings is 1. The minimum atomic E-state index is -0.964. The highest BCUT2D eigenvalue weighted by atomic mass is 35.5. The number of halogens is 1. The number of thioether (sulfide) groups is 1. The van der Waals surface area contributed by atoms with Crippen LogP contribution >= 0.6 is 23.4 Å². The molecule has 1 aliphatic heterocycles. The van der Waals surface area contributed by atoms with Crippen LogP contribution in [0.5, 0.6) is 11.5 Å². The van der Waals surface area contributed by atoms with E-state index in [0.717, 1.165) is 10.5 Å². The molecule has 0 atom stereocenters. The Morgan fingerprint density at radius 1 is 1.32 bits per heavy atom. The van der Waals surface area contributed by atoms with Crippen molar-refractivity contribution in [2.75, 3.05) is 25.2 Å². The van der Waals surface area contributed by atoms with E-state index in [1.54, 1.807) is 56.3 Å². The molecule has 1 amide bonds. The molecular weight excluding hydrogens is 436 g/mol. The third-order valence-electron chi connectivity index (χ3n) is 4.45. The molecule has 0 aliphatic carbocycles. The van der Waals surface area contributed by atoms with E-state index in [9.17, 15) is 9.90 Å². The van der Waals surface area contributed by atoms with Gasteiger partial charge in [0.1, 0.15) is 11.8 Å². The number of amides is 1. The molecule has 2 heterocycles. The van der Waals surface area contributed by atoms with Crippen molar-refractivity contribution >= 4 is 39.9 Å². The van der Waals surface area contributed by atoms with E-state index in [2.05, 4.69) is 4.98 Å². The van der Waals surface area contributed by atoms with Gasteiger partial charge in [0.25, 0.3) is 5.91 Å². The van der Waals surface area contributed by atoms with Crippen LogP contribution in [0, 0.1) is 0 Å². The highest BCUT2D eigenvalue weighted by Gasteiger charge is 2.27. The van der Waals surface area contributed by atoms with Gasteiger partial charge < -0.3 is 19.5 Å². The van der Waals surface area contributed by atoms with Crippen LogP contribution < -0.4 is 14.4 Å². The van der Waals surface area contributed by atoms with Gasteiger partial charge in [-0.1, -0.05) is 29.4 Å². The summed E-state index contributed by atoms with van der Waals surface area (Å²) in [6.07, 6.45) is 5.55. The molecule has 1 aromatic carbocycles. The number of carbonyl (C=O) groups is 1. The van der Waals surface area contributed by atoms with Crippen molar-refractivity contribution in [3.63, 3.8) is 0 Å². The maximum atomic E-state index is 13.1. The molecule has 0 saturated carbocycles. The Morgan fingerprint density at radius 2 is 2.10 bits per heavy atom. The summed E-state index contributed by atoms with van der Waals surface area (Å²) in [5.41, 5.74) is 0.646. The summed E-state index contributed by atoms with van der Waals surface area (Å²) in [6.45, 7) is 5.84. The fraction of sp³-hybridized carbons (Fsp3) is 0.304. The van der Waals surface area contributed by atoms with Gasteiger partial charge in [-0.3, -0.25) is 4.79 Å². The lowest BCUT2D eigenvalue weighted by Gasteiger charge is -2.21. The largest absolute Gasteiger partial charge is 0.493 e. The molecule has 0 unspecified atom stereocenters. The van der Waals surface area contributed by atoms with Crippen molar-refractivity contribution in [2.45, 2.75) is 26.4 Å². The van der Waals surface area contributed by atoms with Crippen LogP contribution in [0.2, 0.25) is 5.15 Å². The molecule has 2 aromatic rings. The van der Waals surface area contributed by atoms with Crippen LogP contribution in [0.15, 0.2) is 53.6 Å². The first-order chi connectivity index (χ1) is 14.7. The highest BCUT2D eigenvalue weighted by molar-refractivity contribution is 8.12. The van der Waals surface area contributed by atoms with Crippen LogP contribution in [0.3, 0.4) is 0 Å². The Balaban J connectivity index is 1.73. The topological polar surface area (TPSA) is 71.9 Å². The molecule has 0 saturated heterocycles. The SMILES string of the molecule is C/C=C(\SC1=CCN(c2ccc(OCC(C)(C)O)c(OC)c2)C1=O)c1ccc(Cl)nc1. The zero-order valence-electron chi connectivity index (χ0n) is 17.9. The summed E-state index contributed by atoms with van der Waals surface area (Å²) in [5, 5.41) is 10.3. The average molecular weight is 461 g/mol. The Labute approximate surface area is 191 Å². The Hall–Kier alpha value is -2.48. The summed E-state index contributed by atoms with van der Waals surface area (Å²) in [7, 11) is 1.54. The fourth-order valence-electron chi connectivity index (χ4n) is 2.91. The number of methoxy groups -OCH3 is 1. The molecule has 31 heavy (non-hydrogen) atoms. The van der Waals surface area contributed by atoms with Gasteiger partial charge >= 0.3 is 0 Å². The summed E-state index contributed by atoms with van der Waals surface area (Å²) in [4.78, 5) is 20.4. The van der Waals surface area contributed by atoms with E-state index < -0.39 is 5.60 Å². The summed E-state index contributed by atoms with van der Waals surface area (Å²) < 4.78 is 11.1. The number of hydrogen-bond donors (Lipinski definition) is 1. The zero-order chi connectivity index (χ0) is 22.6. The lowest BCUT2D eigenvalue weighted by Crippen LogP contribution is -2.28. The normalized spacial score (nSPS) is 14.6. The maximum absolute atomic E-state index is 13.1. The van der Waals surface area contributed by atoms with Gasteiger partial charge in [-0.2, -0.15) is 0 Å². The van der Waals surface area contributed by atoms with Gasteiger partial charge in [0.15, 0.2) is 11.5 Å². The number of aromatic nitrogens is 1. The number of carbonyl (C=O) groups excluding carboxylic acids is 1. The lowest BCUT2D eigenvalue weighted by atomic mass is 10.2. The van der Waals surface area contributed by atoms with Gasteiger partial charge in [-0.25, -0.2) is 4.98 Å². The average Bonchev–Trinajstić information content (AvgIpc) is 3.10. The molecule has 6 nitrogen and oxygen atoms in total. The third kappa shape index (κ3) is 5.81. The number of allylic oxidation sites excluding steroid dienone is 1. The first kappa shape index (κ1) is 23.2. The van der Waals surface area contributed by atoms with E-state index in [0.29, 0.717) is 33.8 Å². The minimum absolute atomic E-state index is 0.0847. The number of rotatable bonds is 8. The second-order valence-corrected chi connectivity index (χ2v) is 9.02. The Bertz CT molecular complexity index is 1010. The van der Waals surface area contributed by atoms with Crippen molar-refractivity contribution < 1.29 is 19.4 Å². The number of nitrogens with zero attached hydrogens (tertiary/aromatic N) is 2. The number of ether oxygens (including phenoxy) is 2. The fourth-order valence-corrected chi connectivity index (χ4v) is 3.97. The molecule has 8 heteroatoms. The van der Waals surface area contributed by atoms with Crippen molar-refractivity contribution in [3.8, 4) is 11.5 Å². The molecule has 0 radical (unpaired) electrons. The second kappa shape index (κ2) is 9.77. The van der Waals surface area contributed by atoms with E-state index in [4.69, 9.17) is 21.1 Å². The van der Waals surface area contributed by atoms with Gasteiger partial charge in [0.05, 0.1) is 17.6 Å². The molecule has 0 spiro atoms. The van der Waals surface area contributed by atoms with Crippen molar-refractivity contribution in [1.29, 1.82) is 0 Å². The molecule has 0 fully saturated rings. The minimum Gasteiger partial charge on any atom is -0.493 e. The van der Waals surface area contributed by atoms with E-state index in [1.807, 2.05) is 25.1 Å². The molecular formula is C23H25ClN2O4S. The molecule has 1 aliphatic rings. The summed E-state index contributed by atoms with van der Waals surface area (Å²) in [6, 6.07) is 8.92. The van der Waals surface area contributed by atoms with Gasteiger partial charge in [0, 0.05) is 35.0 Å². The van der Waals surface area contributed by atoms with Crippen molar-refractivity contribution in [2.24, 2.45) is 0 Å². The Kier molecular flexibility index (Phi) is 7.30. The molecule has 3 rings (SSSR count). The molecule has 1 aromatic heterocycles. The third-order valence-corrected chi connectivity index (χ3v) is 5.93. The smallest absolute Gasteiger partial charge is 0.265 e. The lowest BCUT2D eigenvalue weighted by molar-refractivity contribution is -0.113. The highest BCUT2D eigenvalue weighted by Crippen LogP contribution is 2.39. The predicted octanol–water partition coefficient (Wildman–Crippen LogP) is 4.92. The van der Waals surface area contributed by atoms with E-state index >= 15 is 0 Å². The van der Waals surface area contributed by atoms with Gasteiger partial charge in [-0.15, -0.1) is 0 Å². The van der Waals surface area contributed by atoms with Gasteiger partial charge in [0.2, 0.25) is 0 Å². The number of hydrogen-bond acceptors (Lipinski definition) is 6. The monoisotopic (exact) mass is 460 g/mol. The maximum Gasteiger partial charge on any atom is 0.265 e. The number of benzene rings is 1.